The number of amides is 1. The van der Waals surface area contributed by atoms with Crippen molar-refractivity contribution in [2.75, 3.05) is 31.9 Å². The number of anilines is 1. The first kappa shape index (κ1) is 13.5. The van der Waals surface area contributed by atoms with Crippen LogP contribution in [-0.2, 0) is 11.3 Å². The monoisotopic (exact) mass is 239 g/mol. The third kappa shape index (κ3) is 4.86. The van der Waals surface area contributed by atoms with Gasteiger partial charge in [0, 0.05) is 19.3 Å². The highest BCUT2D eigenvalue weighted by Crippen LogP contribution is 1.98. The molecule has 0 saturated heterocycles. The molecule has 1 aromatic rings. The number of nitrogens with two attached hydrogens (primary N) is 1. The first-order valence-electron chi connectivity index (χ1n) is 5.92. The Balaban J connectivity index is 2.34. The van der Waals surface area contributed by atoms with E-state index < -0.39 is 0 Å². The first-order valence-corrected chi connectivity index (χ1v) is 5.92. The number of carbonyl (C=O) groups is 1. The van der Waals surface area contributed by atoms with Gasteiger partial charge in [0.15, 0.2) is 0 Å². The maximum absolute atomic E-state index is 11.4. The molecule has 0 aliphatic rings. The molecule has 1 heterocycles. The molecule has 6 heteroatoms. The fourth-order valence-electron chi connectivity index (χ4n) is 1.55. The molecule has 3 N–H and O–H groups in total. The molecule has 0 aliphatic heterocycles. The highest BCUT2D eigenvalue weighted by molar-refractivity contribution is 5.77. The minimum Gasteiger partial charge on any atom is -0.396 e. The maximum Gasteiger partial charge on any atom is 0.234 e. The number of nitrogens with zero attached hydrogens (tertiary/aromatic N) is 3. The molecule has 0 atom stereocenters. The Kier molecular flexibility index (Phi) is 5.48. The largest absolute Gasteiger partial charge is 0.396 e. The van der Waals surface area contributed by atoms with Crippen molar-refractivity contribution in [3.05, 3.63) is 12.4 Å². The fraction of sp³-hybridized carbons (Fsp3) is 0.636. The number of hydrogen-bond donors (Lipinski definition) is 2. The van der Waals surface area contributed by atoms with Crippen molar-refractivity contribution >= 4 is 11.6 Å². The second-order valence-corrected chi connectivity index (χ2v) is 3.86. The lowest BCUT2D eigenvalue weighted by atomic mass is 10.4. The molecule has 6 nitrogen and oxygen atoms in total. The SMILES string of the molecule is CCNC(=O)CN(CC)CCn1cc(N)cn1. The average molecular weight is 239 g/mol. The van der Waals surface area contributed by atoms with Gasteiger partial charge in [-0.1, -0.05) is 6.92 Å². The van der Waals surface area contributed by atoms with Crippen LogP contribution in [-0.4, -0.2) is 46.8 Å². The number of likely N-dealkylation sites (N-methyl/N-ethyl adjacent to an activating group) is 2. The predicted octanol–water partition coefficient (Wildman–Crippen LogP) is -0.0767. The zero-order chi connectivity index (χ0) is 12.7. The number of rotatable bonds is 7. The Morgan fingerprint density at radius 2 is 2.35 bits per heavy atom. The zero-order valence-corrected chi connectivity index (χ0v) is 10.5. The summed E-state index contributed by atoms with van der Waals surface area (Å²) in [6.45, 7) is 7.43. The third-order valence-electron chi connectivity index (χ3n) is 2.49. The summed E-state index contributed by atoms with van der Waals surface area (Å²) in [6, 6.07) is 0. The Hall–Kier alpha value is -1.56. The molecule has 0 unspecified atom stereocenters. The molecular formula is C11H21N5O. The molecule has 1 amide bonds. The van der Waals surface area contributed by atoms with Gasteiger partial charge in [-0.25, -0.2) is 0 Å². The van der Waals surface area contributed by atoms with Crippen LogP contribution >= 0.6 is 0 Å². The molecule has 0 bridgehead atoms. The first-order chi connectivity index (χ1) is 8.15. The second-order valence-electron chi connectivity index (χ2n) is 3.86. The van der Waals surface area contributed by atoms with Crippen LogP contribution in [0.3, 0.4) is 0 Å². The van der Waals surface area contributed by atoms with Crippen LogP contribution in [0, 0.1) is 0 Å². The van der Waals surface area contributed by atoms with Gasteiger partial charge >= 0.3 is 0 Å². The van der Waals surface area contributed by atoms with E-state index in [1.165, 1.54) is 0 Å². The summed E-state index contributed by atoms with van der Waals surface area (Å²) in [6.07, 6.45) is 3.42. The van der Waals surface area contributed by atoms with Gasteiger partial charge in [0.2, 0.25) is 5.91 Å². The summed E-state index contributed by atoms with van der Waals surface area (Å²) in [5.41, 5.74) is 6.24. The highest BCUT2D eigenvalue weighted by atomic mass is 16.2. The van der Waals surface area contributed by atoms with Crippen molar-refractivity contribution in [2.45, 2.75) is 20.4 Å². The Morgan fingerprint density at radius 1 is 1.59 bits per heavy atom. The Morgan fingerprint density at radius 3 is 2.88 bits per heavy atom. The van der Waals surface area contributed by atoms with Crippen LogP contribution in [0.4, 0.5) is 5.69 Å². The molecule has 0 aromatic carbocycles. The zero-order valence-electron chi connectivity index (χ0n) is 10.5. The molecule has 0 aliphatic carbocycles. The van der Waals surface area contributed by atoms with Crippen molar-refractivity contribution in [3.63, 3.8) is 0 Å². The van der Waals surface area contributed by atoms with Crippen LogP contribution < -0.4 is 11.1 Å². The van der Waals surface area contributed by atoms with E-state index in [1.807, 2.05) is 13.8 Å². The summed E-state index contributed by atoms with van der Waals surface area (Å²) < 4.78 is 1.79. The Labute approximate surface area is 102 Å². The van der Waals surface area contributed by atoms with Gasteiger partial charge in [0.1, 0.15) is 0 Å². The van der Waals surface area contributed by atoms with Crippen molar-refractivity contribution in [1.82, 2.24) is 20.0 Å². The van der Waals surface area contributed by atoms with Gasteiger partial charge in [-0.15, -0.1) is 0 Å². The molecule has 0 fully saturated rings. The van der Waals surface area contributed by atoms with Crippen LogP contribution in [0.5, 0.6) is 0 Å². The molecular weight excluding hydrogens is 218 g/mol. The lowest BCUT2D eigenvalue weighted by Gasteiger charge is -2.19. The number of carbonyl (C=O) groups excluding carboxylic acids is 1. The topological polar surface area (TPSA) is 76.2 Å². The molecule has 0 spiro atoms. The normalized spacial score (nSPS) is 10.8. The van der Waals surface area contributed by atoms with Gasteiger partial charge in [-0.3, -0.25) is 14.4 Å². The number of aromatic nitrogens is 2. The van der Waals surface area contributed by atoms with E-state index in [0.717, 1.165) is 19.6 Å². The third-order valence-corrected chi connectivity index (χ3v) is 2.49. The van der Waals surface area contributed by atoms with Crippen LogP contribution in [0.2, 0.25) is 0 Å². The lowest BCUT2D eigenvalue weighted by molar-refractivity contribution is -0.122. The summed E-state index contributed by atoms with van der Waals surface area (Å²) in [4.78, 5) is 13.5. The minimum absolute atomic E-state index is 0.0642. The number of nitrogen functional groups attached to an aromatic ring is 1. The fourth-order valence-corrected chi connectivity index (χ4v) is 1.55. The van der Waals surface area contributed by atoms with Crippen molar-refractivity contribution in [3.8, 4) is 0 Å². The van der Waals surface area contributed by atoms with Gasteiger partial charge in [0.05, 0.1) is 25.0 Å². The highest BCUT2D eigenvalue weighted by Gasteiger charge is 2.08. The lowest BCUT2D eigenvalue weighted by Crippen LogP contribution is -2.38. The van der Waals surface area contributed by atoms with Gasteiger partial charge in [-0.2, -0.15) is 5.10 Å². The summed E-state index contributed by atoms with van der Waals surface area (Å²) in [5.74, 6) is 0.0642. The summed E-state index contributed by atoms with van der Waals surface area (Å²) in [5, 5.41) is 6.89. The summed E-state index contributed by atoms with van der Waals surface area (Å²) >= 11 is 0. The standard InChI is InChI=1S/C11H21N5O/c1-3-13-11(17)9-15(4-2)5-6-16-8-10(12)7-14-16/h7-8H,3-6,9,12H2,1-2H3,(H,13,17). The van der Waals surface area contributed by atoms with E-state index in [2.05, 4.69) is 15.3 Å². The van der Waals surface area contributed by atoms with Crippen LogP contribution in [0.25, 0.3) is 0 Å². The maximum atomic E-state index is 11.4. The predicted molar refractivity (Wildman–Crippen MR) is 67.4 cm³/mol. The second kappa shape index (κ2) is 6.90. The molecule has 17 heavy (non-hydrogen) atoms. The van der Waals surface area contributed by atoms with Crippen molar-refractivity contribution < 1.29 is 4.79 Å². The van der Waals surface area contributed by atoms with Crippen LogP contribution in [0.15, 0.2) is 12.4 Å². The molecule has 1 aromatic heterocycles. The van der Waals surface area contributed by atoms with E-state index in [9.17, 15) is 4.79 Å². The molecule has 96 valence electrons. The molecule has 0 saturated carbocycles. The van der Waals surface area contributed by atoms with E-state index in [1.54, 1.807) is 17.1 Å². The molecule has 0 radical (unpaired) electrons. The van der Waals surface area contributed by atoms with Crippen molar-refractivity contribution in [2.24, 2.45) is 0 Å². The number of nitrogens with one attached hydrogen (secondary N) is 1. The number of hydrogen-bond acceptors (Lipinski definition) is 4. The Bertz CT molecular complexity index is 349. The van der Waals surface area contributed by atoms with E-state index >= 15 is 0 Å². The van der Waals surface area contributed by atoms with Crippen molar-refractivity contribution in [1.29, 1.82) is 0 Å². The van der Waals surface area contributed by atoms with Gasteiger partial charge in [0.25, 0.3) is 0 Å². The van der Waals surface area contributed by atoms with Gasteiger partial charge < -0.3 is 11.1 Å². The molecule has 1 rings (SSSR count). The average Bonchev–Trinajstić information content (AvgIpc) is 2.70. The minimum atomic E-state index is 0.0642. The van der Waals surface area contributed by atoms with E-state index in [4.69, 9.17) is 5.73 Å². The smallest absolute Gasteiger partial charge is 0.234 e. The van der Waals surface area contributed by atoms with E-state index in [-0.39, 0.29) is 5.91 Å². The summed E-state index contributed by atoms with van der Waals surface area (Å²) in [7, 11) is 0. The quantitative estimate of drug-likeness (QED) is 0.698. The van der Waals surface area contributed by atoms with Crippen LogP contribution in [0.1, 0.15) is 13.8 Å². The van der Waals surface area contributed by atoms with Gasteiger partial charge in [-0.05, 0) is 13.5 Å². The van der Waals surface area contributed by atoms with E-state index in [0.29, 0.717) is 18.8 Å².